The van der Waals surface area contributed by atoms with Gasteiger partial charge in [-0.15, -0.1) is 0 Å². The molecule has 2 aromatic carbocycles. The van der Waals surface area contributed by atoms with Gasteiger partial charge >= 0.3 is 5.97 Å². The SMILES string of the molecule is Cc1cc(Cl)c(OCCc2ccc(C3=C(C(=O)O)[C@H]4CNC[C@@H](C3)N4)cc2)c(Cl)c1. The van der Waals surface area contributed by atoms with E-state index in [-0.39, 0.29) is 12.1 Å². The van der Waals surface area contributed by atoms with Crippen molar-refractivity contribution in [3.63, 3.8) is 0 Å². The summed E-state index contributed by atoms with van der Waals surface area (Å²) >= 11 is 12.5. The molecule has 3 N–H and O–H groups in total. The molecule has 2 aliphatic rings. The molecule has 4 rings (SSSR count). The molecule has 5 nitrogen and oxygen atoms in total. The summed E-state index contributed by atoms with van der Waals surface area (Å²) in [7, 11) is 0. The maximum Gasteiger partial charge on any atom is 0.333 e. The van der Waals surface area contributed by atoms with E-state index < -0.39 is 5.97 Å². The molecule has 0 unspecified atom stereocenters. The van der Waals surface area contributed by atoms with E-state index in [0.717, 1.165) is 28.8 Å². The molecule has 0 spiro atoms. The predicted octanol–water partition coefficient (Wildman–Crippen LogP) is 4.10. The molecule has 0 radical (unpaired) electrons. The Morgan fingerprint density at radius 1 is 1.17 bits per heavy atom. The van der Waals surface area contributed by atoms with Crippen LogP contribution in [0.2, 0.25) is 10.0 Å². The van der Waals surface area contributed by atoms with Crippen molar-refractivity contribution in [1.82, 2.24) is 10.6 Å². The van der Waals surface area contributed by atoms with Crippen LogP contribution in [-0.4, -0.2) is 42.9 Å². The van der Waals surface area contributed by atoms with Gasteiger partial charge in [-0.1, -0.05) is 47.5 Å². The lowest BCUT2D eigenvalue weighted by molar-refractivity contribution is -0.133. The Morgan fingerprint density at radius 3 is 2.53 bits per heavy atom. The molecule has 0 amide bonds. The Balaban J connectivity index is 1.46. The fourth-order valence-corrected chi connectivity index (χ4v) is 4.91. The third-order valence-electron chi connectivity index (χ3n) is 5.61. The first-order chi connectivity index (χ1) is 14.4. The molecular weight excluding hydrogens is 423 g/mol. The zero-order chi connectivity index (χ0) is 21.3. The number of nitrogens with one attached hydrogen (secondary N) is 2. The van der Waals surface area contributed by atoms with Crippen molar-refractivity contribution in [1.29, 1.82) is 0 Å². The molecule has 0 aromatic heterocycles. The first-order valence-corrected chi connectivity index (χ1v) is 10.8. The van der Waals surface area contributed by atoms with Crippen LogP contribution < -0.4 is 15.4 Å². The van der Waals surface area contributed by atoms with Gasteiger partial charge in [-0.05, 0) is 47.7 Å². The Labute approximate surface area is 186 Å². The van der Waals surface area contributed by atoms with Gasteiger partial charge in [-0.3, -0.25) is 0 Å². The van der Waals surface area contributed by atoms with E-state index in [2.05, 4.69) is 10.6 Å². The number of carbonyl (C=O) groups is 1. The van der Waals surface area contributed by atoms with Crippen molar-refractivity contribution in [3.05, 3.63) is 68.7 Å². The molecule has 0 aliphatic carbocycles. The average Bonchev–Trinajstić information content (AvgIpc) is 2.70. The fourth-order valence-electron chi connectivity index (χ4n) is 4.21. The standard InChI is InChI=1S/C23H24Cl2N2O3/c1-13-8-18(24)22(19(25)9-13)30-7-6-14-2-4-15(5-3-14)17-10-16-11-26-12-20(27-16)21(17)23(28)29/h2-5,8-9,16,20,26-27H,6-7,10-12H2,1H3,(H,28,29)/t16-,20-/m1/s1. The summed E-state index contributed by atoms with van der Waals surface area (Å²) in [4.78, 5) is 11.9. The zero-order valence-corrected chi connectivity index (χ0v) is 18.2. The van der Waals surface area contributed by atoms with Crippen LogP contribution in [0.4, 0.5) is 0 Å². The molecule has 2 bridgehead atoms. The zero-order valence-electron chi connectivity index (χ0n) is 16.7. The summed E-state index contributed by atoms with van der Waals surface area (Å²) in [6.45, 7) is 3.87. The lowest BCUT2D eigenvalue weighted by Crippen LogP contribution is -2.58. The maximum atomic E-state index is 11.9. The number of piperazine rings is 1. The average molecular weight is 447 g/mol. The summed E-state index contributed by atoms with van der Waals surface area (Å²) < 4.78 is 5.81. The Bertz CT molecular complexity index is 965. The van der Waals surface area contributed by atoms with Crippen LogP contribution in [-0.2, 0) is 11.2 Å². The number of carboxylic acids is 1. The molecule has 2 atom stereocenters. The Morgan fingerprint density at radius 2 is 1.87 bits per heavy atom. The van der Waals surface area contributed by atoms with Crippen LogP contribution >= 0.6 is 23.2 Å². The van der Waals surface area contributed by atoms with Gasteiger partial charge in [0.1, 0.15) is 0 Å². The molecule has 30 heavy (non-hydrogen) atoms. The monoisotopic (exact) mass is 446 g/mol. The van der Waals surface area contributed by atoms with Gasteiger partial charge in [0, 0.05) is 25.6 Å². The van der Waals surface area contributed by atoms with Crippen molar-refractivity contribution >= 4 is 34.7 Å². The number of hydrogen-bond acceptors (Lipinski definition) is 4. The molecule has 2 aliphatic heterocycles. The van der Waals surface area contributed by atoms with Gasteiger partial charge in [0.05, 0.1) is 28.3 Å². The second kappa shape index (κ2) is 8.98. The maximum absolute atomic E-state index is 11.9. The van der Waals surface area contributed by atoms with Crippen LogP contribution in [0.25, 0.3) is 5.57 Å². The number of aliphatic carboxylic acids is 1. The predicted molar refractivity (Wildman–Crippen MR) is 120 cm³/mol. The minimum Gasteiger partial charge on any atom is -0.490 e. The van der Waals surface area contributed by atoms with E-state index in [0.29, 0.717) is 47.4 Å². The van der Waals surface area contributed by atoms with Crippen molar-refractivity contribution < 1.29 is 14.6 Å². The smallest absolute Gasteiger partial charge is 0.333 e. The van der Waals surface area contributed by atoms with Crippen molar-refractivity contribution in [2.45, 2.75) is 31.8 Å². The van der Waals surface area contributed by atoms with E-state index in [1.54, 1.807) is 0 Å². The van der Waals surface area contributed by atoms with E-state index in [4.69, 9.17) is 27.9 Å². The number of hydrogen-bond donors (Lipinski definition) is 3. The van der Waals surface area contributed by atoms with Gasteiger partial charge in [0.15, 0.2) is 5.75 Å². The quantitative estimate of drug-likeness (QED) is 0.622. The summed E-state index contributed by atoms with van der Waals surface area (Å²) in [5.74, 6) is -0.347. The first-order valence-electron chi connectivity index (χ1n) is 10.0. The molecule has 7 heteroatoms. The number of halogens is 2. The number of aryl methyl sites for hydroxylation is 1. The molecule has 0 saturated carbocycles. The highest BCUT2D eigenvalue weighted by Gasteiger charge is 2.35. The molecule has 2 heterocycles. The van der Waals surface area contributed by atoms with Crippen LogP contribution in [0.3, 0.4) is 0 Å². The van der Waals surface area contributed by atoms with E-state index in [1.807, 2.05) is 43.3 Å². The molecule has 2 aromatic rings. The lowest BCUT2D eigenvalue weighted by Gasteiger charge is -2.38. The van der Waals surface area contributed by atoms with E-state index in [1.165, 1.54) is 0 Å². The summed E-state index contributed by atoms with van der Waals surface area (Å²) in [6, 6.07) is 11.8. The third-order valence-corrected chi connectivity index (χ3v) is 6.17. The normalized spacial score (nSPS) is 20.9. The van der Waals surface area contributed by atoms with E-state index >= 15 is 0 Å². The highest BCUT2D eigenvalue weighted by Crippen LogP contribution is 2.34. The number of benzene rings is 2. The highest BCUT2D eigenvalue weighted by molar-refractivity contribution is 6.37. The van der Waals surface area contributed by atoms with Gasteiger partial charge in [0.2, 0.25) is 0 Å². The van der Waals surface area contributed by atoms with Crippen LogP contribution in [0.1, 0.15) is 23.1 Å². The second-order valence-corrected chi connectivity index (χ2v) is 8.64. The fraction of sp³-hybridized carbons (Fsp3) is 0.348. The Hall–Kier alpha value is -2.05. The third kappa shape index (κ3) is 4.49. The van der Waals surface area contributed by atoms with Gasteiger partial charge in [-0.25, -0.2) is 4.79 Å². The van der Waals surface area contributed by atoms with Gasteiger partial charge < -0.3 is 20.5 Å². The van der Waals surface area contributed by atoms with E-state index in [9.17, 15) is 9.90 Å². The number of ether oxygens (including phenoxy) is 1. The van der Waals surface area contributed by atoms with Gasteiger partial charge in [-0.2, -0.15) is 0 Å². The van der Waals surface area contributed by atoms with Crippen LogP contribution in [0.5, 0.6) is 5.75 Å². The second-order valence-electron chi connectivity index (χ2n) is 7.83. The Kier molecular flexibility index (Phi) is 6.34. The first kappa shape index (κ1) is 21.2. The topological polar surface area (TPSA) is 70.6 Å². The van der Waals surface area contributed by atoms with Crippen molar-refractivity contribution in [2.75, 3.05) is 19.7 Å². The number of fused-ring (bicyclic) bond motifs is 2. The van der Waals surface area contributed by atoms with Crippen molar-refractivity contribution in [3.8, 4) is 5.75 Å². The number of carboxylic acid groups (broad SMARTS) is 1. The lowest BCUT2D eigenvalue weighted by atomic mass is 9.84. The van der Waals surface area contributed by atoms with Crippen LogP contribution in [0, 0.1) is 6.92 Å². The minimum atomic E-state index is -0.853. The van der Waals surface area contributed by atoms with Crippen LogP contribution in [0.15, 0.2) is 42.0 Å². The highest BCUT2D eigenvalue weighted by atomic mass is 35.5. The molecule has 1 saturated heterocycles. The van der Waals surface area contributed by atoms with Crippen molar-refractivity contribution in [2.24, 2.45) is 0 Å². The number of rotatable bonds is 6. The largest absolute Gasteiger partial charge is 0.490 e. The summed E-state index contributed by atoms with van der Waals surface area (Å²) in [5.41, 5.74) is 4.46. The molecule has 1 fully saturated rings. The summed E-state index contributed by atoms with van der Waals surface area (Å²) in [6.07, 6.45) is 1.40. The minimum absolute atomic E-state index is 0.151. The molecular formula is C23H24Cl2N2O3. The van der Waals surface area contributed by atoms with Gasteiger partial charge in [0.25, 0.3) is 0 Å². The summed E-state index contributed by atoms with van der Waals surface area (Å²) in [5, 5.41) is 17.5. The molecule has 158 valence electrons.